The highest BCUT2D eigenvalue weighted by Gasteiger charge is 2.28. The van der Waals surface area contributed by atoms with Gasteiger partial charge in [-0.2, -0.15) is 0 Å². The van der Waals surface area contributed by atoms with E-state index in [4.69, 9.17) is 0 Å². The Bertz CT molecular complexity index is 663. The number of rotatable bonds is 1. The van der Waals surface area contributed by atoms with Crippen molar-refractivity contribution in [1.29, 1.82) is 0 Å². The molecule has 0 bridgehead atoms. The standard InChI is InChI=1S/C17H19N.C2H6/c1-5-12-8-11(2)13-6-7-15-16(14(13)9-12)17(3,4)10-18-15;1-2/h6-10H,5H2,1-4H3;1-2H3. The van der Waals surface area contributed by atoms with Crippen LogP contribution < -0.4 is 0 Å². The van der Waals surface area contributed by atoms with Crippen LogP contribution >= 0.6 is 0 Å². The lowest BCUT2D eigenvalue weighted by molar-refractivity contribution is 0.760. The normalized spacial score (nSPS) is 14.9. The Hall–Kier alpha value is -1.63. The number of benzene rings is 2. The molecule has 0 amide bonds. The van der Waals surface area contributed by atoms with Crippen LogP contribution in [0.4, 0.5) is 5.69 Å². The van der Waals surface area contributed by atoms with E-state index in [2.05, 4.69) is 63.2 Å². The largest absolute Gasteiger partial charge is 0.260 e. The third-order valence-corrected chi connectivity index (χ3v) is 3.96. The molecule has 0 radical (unpaired) electrons. The van der Waals surface area contributed by atoms with Crippen molar-refractivity contribution in [3.05, 3.63) is 41.0 Å². The first-order valence-electron chi connectivity index (χ1n) is 7.65. The molecule has 0 aliphatic carbocycles. The maximum atomic E-state index is 4.56. The van der Waals surface area contributed by atoms with Crippen LogP contribution in [0.15, 0.2) is 29.3 Å². The molecule has 2 aromatic rings. The van der Waals surface area contributed by atoms with E-state index in [0.717, 1.165) is 12.1 Å². The number of hydrogen-bond acceptors (Lipinski definition) is 1. The molecule has 106 valence electrons. The summed E-state index contributed by atoms with van der Waals surface area (Å²) in [6, 6.07) is 9.01. The van der Waals surface area contributed by atoms with Crippen molar-refractivity contribution in [3.8, 4) is 0 Å². The van der Waals surface area contributed by atoms with Crippen LogP contribution in [-0.2, 0) is 11.8 Å². The first kappa shape index (κ1) is 14.8. The fraction of sp³-hybridized carbons (Fsp3) is 0.421. The smallest absolute Gasteiger partial charge is 0.0673 e. The molecule has 1 heterocycles. The van der Waals surface area contributed by atoms with Gasteiger partial charge in [0.15, 0.2) is 0 Å². The summed E-state index contributed by atoms with van der Waals surface area (Å²) in [6.07, 6.45) is 3.16. The molecule has 0 unspecified atom stereocenters. The predicted molar refractivity (Wildman–Crippen MR) is 90.6 cm³/mol. The van der Waals surface area contributed by atoms with Crippen molar-refractivity contribution in [2.24, 2.45) is 4.99 Å². The van der Waals surface area contributed by atoms with Gasteiger partial charge in [0.2, 0.25) is 0 Å². The highest BCUT2D eigenvalue weighted by atomic mass is 14.8. The van der Waals surface area contributed by atoms with Crippen LogP contribution in [0.25, 0.3) is 10.8 Å². The molecule has 1 heteroatoms. The van der Waals surface area contributed by atoms with Gasteiger partial charge in [0, 0.05) is 11.6 Å². The number of hydrogen-bond donors (Lipinski definition) is 0. The Kier molecular flexibility index (Phi) is 3.99. The molecule has 20 heavy (non-hydrogen) atoms. The monoisotopic (exact) mass is 267 g/mol. The molecule has 0 N–H and O–H groups in total. The number of aliphatic imine (C=N–C) groups is 1. The highest BCUT2D eigenvalue weighted by molar-refractivity contribution is 6.00. The summed E-state index contributed by atoms with van der Waals surface area (Å²) in [5, 5.41) is 2.75. The van der Waals surface area contributed by atoms with Crippen molar-refractivity contribution in [2.45, 2.75) is 53.4 Å². The number of aryl methyl sites for hydroxylation is 2. The lowest BCUT2D eigenvalue weighted by atomic mass is 9.82. The van der Waals surface area contributed by atoms with Crippen LogP contribution in [0, 0.1) is 6.92 Å². The van der Waals surface area contributed by atoms with Gasteiger partial charge in [-0.1, -0.05) is 52.8 Å². The molecule has 3 rings (SSSR count). The van der Waals surface area contributed by atoms with Gasteiger partial charge in [-0.3, -0.25) is 4.99 Å². The molecule has 1 nitrogen and oxygen atoms in total. The maximum Gasteiger partial charge on any atom is 0.0673 e. The molecule has 0 fully saturated rings. The predicted octanol–water partition coefficient (Wildman–Crippen LogP) is 5.73. The summed E-state index contributed by atoms with van der Waals surface area (Å²) in [5.74, 6) is 0. The molecule has 0 saturated carbocycles. The fourth-order valence-electron chi connectivity index (χ4n) is 2.97. The first-order chi connectivity index (χ1) is 9.53. The summed E-state index contributed by atoms with van der Waals surface area (Å²) in [5.41, 5.74) is 5.36. The summed E-state index contributed by atoms with van der Waals surface area (Å²) in [7, 11) is 0. The van der Waals surface area contributed by atoms with E-state index in [-0.39, 0.29) is 5.41 Å². The van der Waals surface area contributed by atoms with Gasteiger partial charge >= 0.3 is 0 Å². The minimum atomic E-state index is 0.0493. The SMILES string of the molecule is CC.CCc1cc(C)c2ccc3c(c2c1)C(C)(C)C=N3. The lowest BCUT2D eigenvalue weighted by Crippen LogP contribution is -2.15. The van der Waals surface area contributed by atoms with Gasteiger partial charge in [0.1, 0.15) is 0 Å². The second-order valence-electron chi connectivity index (χ2n) is 5.80. The molecule has 1 aliphatic heterocycles. The minimum absolute atomic E-state index is 0.0493. The molecular formula is C19H25N. The van der Waals surface area contributed by atoms with Gasteiger partial charge in [-0.25, -0.2) is 0 Å². The van der Waals surface area contributed by atoms with E-state index in [0.29, 0.717) is 0 Å². The maximum absolute atomic E-state index is 4.56. The second-order valence-corrected chi connectivity index (χ2v) is 5.80. The summed E-state index contributed by atoms with van der Waals surface area (Å²) in [4.78, 5) is 4.56. The zero-order valence-electron chi connectivity index (χ0n) is 13.5. The topological polar surface area (TPSA) is 12.4 Å². The van der Waals surface area contributed by atoms with Gasteiger partial charge in [-0.15, -0.1) is 0 Å². The minimum Gasteiger partial charge on any atom is -0.260 e. The van der Waals surface area contributed by atoms with Crippen molar-refractivity contribution >= 4 is 22.7 Å². The molecule has 2 aromatic carbocycles. The second kappa shape index (κ2) is 5.40. The Balaban J connectivity index is 0.000000704. The Morgan fingerprint density at radius 2 is 1.75 bits per heavy atom. The Morgan fingerprint density at radius 1 is 1.05 bits per heavy atom. The summed E-state index contributed by atoms with van der Waals surface area (Å²) >= 11 is 0. The van der Waals surface area contributed by atoms with Gasteiger partial charge in [0.25, 0.3) is 0 Å². The zero-order valence-corrected chi connectivity index (χ0v) is 13.5. The number of fused-ring (bicyclic) bond motifs is 3. The molecule has 0 spiro atoms. The van der Waals surface area contributed by atoms with E-state index in [9.17, 15) is 0 Å². The lowest BCUT2D eigenvalue weighted by Gasteiger charge is -2.19. The summed E-state index contributed by atoms with van der Waals surface area (Å²) < 4.78 is 0. The average molecular weight is 267 g/mol. The van der Waals surface area contributed by atoms with Gasteiger partial charge < -0.3 is 0 Å². The third-order valence-electron chi connectivity index (χ3n) is 3.96. The van der Waals surface area contributed by atoms with Crippen molar-refractivity contribution in [1.82, 2.24) is 0 Å². The molecular weight excluding hydrogens is 242 g/mol. The molecule has 0 aromatic heterocycles. The average Bonchev–Trinajstić information content (AvgIpc) is 2.77. The first-order valence-corrected chi connectivity index (χ1v) is 7.65. The van der Waals surface area contributed by atoms with E-state index in [1.54, 1.807) is 0 Å². The quantitative estimate of drug-likeness (QED) is 0.625. The third kappa shape index (κ3) is 2.26. The van der Waals surface area contributed by atoms with Crippen LogP contribution in [0.2, 0.25) is 0 Å². The zero-order chi connectivity index (χ0) is 14.9. The molecule has 0 saturated heterocycles. The van der Waals surface area contributed by atoms with Crippen LogP contribution in [0.1, 0.15) is 51.3 Å². The fourth-order valence-corrected chi connectivity index (χ4v) is 2.97. The van der Waals surface area contributed by atoms with Crippen LogP contribution in [0.3, 0.4) is 0 Å². The van der Waals surface area contributed by atoms with Crippen LogP contribution in [-0.4, -0.2) is 6.21 Å². The molecule has 0 atom stereocenters. The van der Waals surface area contributed by atoms with E-state index in [1.165, 1.54) is 27.5 Å². The van der Waals surface area contributed by atoms with Gasteiger partial charge in [0.05, 0.1) is 5.69 Å². The van der Waals surface area contributed by atoms with Crippen molar-refractivity contribution < 1.29 is 0 Å². The van der Waals surface area contributed by atoms with Crippen molar-refractivity contribution in [2.75, 3.05) is 0 Å². The number of nitrogens with zero attached hydrogens (tertiary/aromatic N) is 1. The molecule has 1 aliphatic rings. The van der Waals surface area contributed by atoms with Crippen LogP contribution in [0.5, 0.6) is 0 Å². The van der Waals surface area contributed by atoms with E-state index < -0.39 is 0 Å². The van der Waals surface area contributed by atoms with E-state index in [1.807, 2.05) is 13.8 Å². The summed E-state index contributed by atoms with van der Waals surface area (Å²) in [6.45, 7) is 12.9. The van der Waals surface area contributed by atoms with E-state index >= 15 is 0 Å². The highest BCUT2D eigenvalue weighted by Crippen LogP contribution is 2.42. The Morgan fingerprint density at radius 3 is 2.40 bits per heavy atom. The van der Waals surface area contributed by atoms with Gasteiger partial charge in [-0.05, 0) is 46.9 Å². The van der Waals surface area contributed by atoms with Crippen molar-refractivity contribution in [3.63, 3.8) is 0 Å². The Labute approximate surface area is 122 Å².